The first-order valence-corrected chi connectivity index (χ1v) is 13.1. The molecule has 1 unspecified atom stereocenters. The van der Waals surface area contributed by atoms with E-state index in [0.29, 0.717) is 5.56 Å². The van der Waals surface area contributed by atoms with E-state index in [1.165, 1.54) is 36.4 Å². The van der Waals surface area contributed by atoms with Crippen LogP contribution in [-0.2, 0) is 9.59 Å². The Morgan fingerprint density at radius 3 is 2.16 bits per heavy atom. The molecule has 0 aliphatic rings. The van der Waals surface area contributed by atoms with Gasteiger partial charge in [0, 0.05) is 17.8 Å². The molecule has 0 bridgehead atoms. The highest BCUT2D eigenvalue weighted by Crippen LogP contribution is 2.30. The molecule has 1 amide bonds. The second-order valence-electron chi connectivity index (χ2n) is 9.31. The lowest BCUT2D eigenvalue weighted by molar-refractivity contribution is -0.274. The van der Waals surface area contributed by atoms with Gasteiger partial charge in [-0.1, -0.05) is 42.5 Å². The number of hydrogen-bond acceptors (Lipinski definition) is 7. The monoisotopic (exact) mass is 603 g/mol. The zero-order valence-corrected chi connectivity index (χ0v) is 22.8. The Balaban J connectivity index is 1.58. The molecule has 44 heavy (non-hydrogen) atoms. The summed E-state index contributed by atoms with van der Waals surface area (Å²) in [5.74, 6) is -2.89. The summed E-state index contributed by atoms with van der Waals surface area (Å²) in [5.41, 5.74) is 2.62. The first-order valence-electron chi connectivity index (χ1n) is 13.1. The van der Waals surface area contributed by atoms with Crippen molar-refractivity contribution in [2.24, 2.45) is 0 Å². The Bertz CT molecular complexity index is 1680. The zero-order valence-electron chi connectivity index (χ0n) is 22.8. The molecule has 0 saturated carbocycles. The predicted octanol–water partition coefficient (Wildman–Crippen LogP) is 6.09. The van der Waals surface area contributed by atoms with Crippen LogP contribution in [0.1, 0.15) is 33.9 Å². The van der Waals surface area contributed by atoms with E-state index in [4.69, 9.17) is 15.1 Å². The van der Waals surface area contributed by atoms with Crippen LogP contribution in [0.15, 0.2) is 97.1 Å². The number of hydrogen-bond donors (Lipinski definition) is 3. The molecule has 4 rings (SSSR count). The van der Waals surface area contributed by atoms with E-state index in [0.717, 1.165) is 23.3 Å². The van der Waals surface area contributed by atoms with Crippen molar-refractivity contribution in [2.45, 2.75) is 18.8 Å². The molecular weight excluding hydrogens is 579 g/mol. The molecule has 0 radical (unpaired) electrons. The zero-order chi connectivity index (χ0) is 31.7. The number of alkyl halides is 3. The molecule has 0 spiro atoms. The maximum absolute atomic E-state index is 13.5. The number of nitrogens with zero attached hydrogens (tertiary/aromatic N) is 1. The number of nitrogens with one attached hydrogen (secondary N) is 2. The first-order chi connectivity index (χ1) is 21.0. The molecule has 0 aromatic heterocycles. The number of carboxylic acid groups (broad SMARTS) is 1. The number of ether oxygens (including phenoxy) is 2. The molecule has 4 aromatic carbocycles. The summed E-state index contributed by atoms with van der Waals surface area (Å²) >= 11 is 0. The number of amides is 1. The van der Waals surface area contributed by atoms with Crippen molar-refractivity contribution in [3.63, 3.8) is 0 Å². The van der Waals surface area contributed by atoms with Gasteiger partial charge in [0.05, 0.1) is 18.1 Å². The lowest BCUT2D eigenvalue weighted by Crippen LogP contribution is -2.27. The Morgan fingerprint density at radius 2 is 1.52 bits per heavy atom. The Morgan fingerprint density at radius 1 is 0.864 bits per heavy atom. The molecule has 12 heteroatoms. The number of benzene rings is 4. The van der Waals surface area contributed by atoms with Crippen molar-refractivity contribution >= 4 is 23.5 Å². The van der Waals surface area contributed by atoms with Gasteiger partial charge in [0.2, 0.25) is 0 Å². The van der Waals surface area contributed by atoms with Crippen LogP contribution in [0.5, 0.6) is 11.5 Å². The van der Waals surface area contributed by atoms with Gasteiger partial charge in [-0.2, -0.15) is 5.26 Å². The minimum absolute atomic E-state index is 0.0854. The van der Waals surface area contributed by atoms with Gasteiger partial charge in [0.1, 0.15) is 11.5 Å². The third-order valence-corrected chi connectivity index (χ3v) is 6.14. The van der Waals surface area contributed by atoms with Crippen molar-refractivity contribution < 1.29 is 42.1 Å². The van der Waals surface area contributed by atoms with Crippen molar-refractivity contribution in [2.75, 3.05) is 11.9 Å². The third kappa shape index (κ3) is 8.83. The largest absolute Gasteiger partial charge is 0.573 e. The van der Waals surface area contributed by atoms with E-state index in [1.807, 2.05) is 6.07 Å². The molecule has 3 N–H and O–H groups in total. The molecule has 0 saturated heterocycles. The molecule has 0 aliphatic heterocycles. The minimum atomic E-state index is -4.96. The molecular formula is C32H24F3N3O6. The van der Waals surface area contributed by atoms with Gasteiger partial charge >= 0.3 is 18.3 Å². The summed E-state index contributed by atoms with van der Waals surface area (Å²) in [6.45, 7) is -0.100. The van der Waals surface area contributed by atoms with Crippen LogP contribution in [0.25, 0.3) is 11.1 Å². The fraction of sp³-hybridized carbons (Fsp3) is 0.125. The highest BCUT2D eigenvalue weighted by Gasteiger charge is 2.32. The van der Waals surface area contributed by atoms with Gasteiger partial charge in [-0.3, -0.25) is 9.59 Å². The predicted molar refractivity (Wildman–Crippen MR) is 153 cm³/mol. The van der Waals surface area contributed by atoms with Crippen molar-refractivity contribution in [1.29, 1.82) is 5.26 Å². The maximum atomic E-state index is 13.5. The number of carbonyl (C=O) groups excluding carboxylic acids is 2. The lowest BCUT2D eigenvalue weighted by atomic mass is 10.0. The van der Waals surface area contributed by atoms with E-state index in [-0.39, 0.29) is 35.5 Å². The minimum Gasteiger partial charge on any atom is -0.481 e. The Kier molecular flexibility index (Phi) is 9.82. The number of nitriles is 1. The van der Waals surface area contributed by atoms with Gasteiger partial charge in [-0.15, -0.1) is 13.2 Å². The Labute approximate surface area is 249 Å². The number of aliphatic carboxylic acids is 1. The van der Waals surface area contributed by atoms with Crippen molar-refractivity contribution in [3.8, 4) is 28.7 Å². The first kappa shape index (κ1) is 31.1. The van der Waals surface area contributed by atoms with E-state index in [1.54, 1.807) is 48.5 Å². The van der Waals surface area contributed by atoms with E-state index >= 15 is 0 Å². The van der Waals surface area contributed by atoms with Crippen LogP contribution >= 0.6 is 0 Å². The number of esters is 1. The average Bonchev–Trinajstić information content (AvgIpc) is 2.99. The fourth-order valence-corrected chi connectivity index (χ4v) is 4.10. The lowest BCUT2D eigenvalue weighted by Gasteiger charge is -2.20. The van der Waals surface area contributed by atoms with Crippen LogP contribution in [0.2, 0.25) is 0 Å². The van der Waals surface area contributed by atoms with Crippen molar-refractivity contribution in [1.82, 2.24) is 5.32 Å². The number of halogens is 3. The van der Waals surface area contributed by atoms with Crippen LogP contribution in [-0.4, -0.2) is 35.9 Å². The quantitative estimate of drug-likeness (QED) is 0.138. The SMILES string of the molecule is N#Cc1ccc(-c2ccc(OC(=O)C(Nc3cccc(C(=O)NCCC(=O)O)c3)c3cccc(OC(F)(F)F)c3)cc2)cc1. The number of carbonyl (C=O) groups is 3. The standard InChI is InChI=1S/C32H24F3N3O6/c33-32(34,35)44-27-6-2-3-23(18-27)29(38-25-5-1-4-24(17-25)30(41)37-16-15-28(39)40)31(42)43-26-13-11-22(12-14-26)21-9-7-20(19-36)8-10-21/h1-14,17-18,29,38H,15-16H2,(H,37,41)(H,39,40). The molecule has 0 aliphatic carbocycles. The maximum Gasteiger partial charge on any atom is 0.573 e. The highest BCUT2D eigenvalue weighted by molar-refractivity contribution is 5.95. The smallest absolute Gasteiger partial charge is 0.481 e. The summed E-state index contributed by atoms with van der Waals surface area (Å²) in [5, 5.41) is 23.2. The molecule has 224 valence electrons. The second kappa shape index (κ2) is 13.9. The van der Waals surface area contributed by atoms with Gasteiger partial charge in [0.15, 0.2) is 6.04 Å². The van der Waals surface area contributed by atoms with Gasteiger partial charge in [0.25, 0.3) is 5.91 Å². The van der Waals surface area contributed by atoms with E-state index in [9.17, 15) is 27.6 Å². The van der Waals surface area contributed by atoms with E-state index in [2.05, 4.69) is 15.4 Å². The van der Waals surface area contributed by atoms with Crippen LogP contribution < -0.4 is 20.1 Å². The number of carboxylic acids is 1. The summed E-state index contributed by atoms with van der Waals surface area (Å²) < 4.78 is 48.3. The molecule has 9 nitrogen and oxygen atoms in total. The van der Waals surface area contributed by atoms with Crippen LogP contribution in [0, 0.1) is 11.3 Å². The second-order valence-corrected chi connectivity index (χ2v) is 9.31. The summed E-state index contributed by atoms with van der Waals surface area (Å²) in [6, 6.07) is 24.9. The van der Waals surface area contributed by atoms with Gasteiger partial charge < -0.3 is 25.2 Å². The fourth-order valence-electron chi connectivity index (χ4n) is 4.10. The van der Waals surface area contributed by atoms with Crippen LogP contribution in [0.3, 0.4) is 0 Å². The normalized spacial score (nSPS) is 11.5. The highest BCUT2D eigenvalue weighted by atomic mass is 19.4. The topological polar surface area (TPSA) is 138 Å². The van der Waals surface area contributed by atoms with Gasteiger partial charge in [-0.05, 0) is 71.3 Å². The molecule has 0 fully saturated rings. The van der Waals surface area contributed by atoms with Gasteiger partial charge in [-0.25, -0.2) is 4.79 Å². The van der Waals surface area contributed by atoms with E-state index < -0.39 is 36.0 Å². The molecule has 4 aromatic rings. The number of anilines is 1. The van der Waals surface area contributed by atoms with Crippen molar-refractivity contribution in [3.05, 3.63) is 114 Å². The molecule has 1 atom stereocenters. The number of rotatable bonds is 11. The third-order valence-electron chi connectivity index (χ3n) is 6.14. The Hall–Kier alpha value is -5.83. The van der Waals surface area contributed by atoms with Crippen LogP contribution in [0.4, 0.5) is 18.9 Å². The summed E-state index contributed by atoms with van der Waals surface area (Å²) in [4.78, 5) is 36.7. The summed E-state index contributed by atoms with van der Waals surface area (Å²) in [7, 11) is 0. The summed E-state index contributed by atoms with van der Waals surface area (Å²) in [6.07, 6.45) is -5.23. The average molecular weight is 604 g/mol. The molecule has 0 heterocycles.